The first kappa shape index (κ1) is 44.7. The van der Waals surface area contributed by atoms with E-state index in [-0.39, 0.29) is 42.6 Å². The number of hydrazine groups is 1. The highest BCUT2D eigenvalue weighted by molar-refractivity contribution is 7.10. The molecule has 4 amide bonds. The molecular formula is C47H62N8O7S. The molecule has 3 aliphatic heterocycles. The summed E-state index contributed by atoms with van der Waals surface area (Å²) in [4.78, 5) is 69.6. The Hall–Kier alpha value is -4.90. The molecule has 2 saturated heterocycles. The minimum absolute atomic E-state index is 0.0289. The van der Waals surface area contributed by atoms with E-state index >= 15 is 0 Å². The van der Waals surface area contributed by atoms with Crippen LogP contribution in [0.1, 0.15) is 89.6 Å². The molecule has 4 aliphatic rings. The first-order valence-electron chi connectivity index (χ1n) is 22.3. The molecule has 15 nitrogen and oxygen atoms in total. The van der Waals surface area contributed by atoms with Crippen LogP contribution in [0, 0.1) is 16.7 Å². The molecule has 8 rings (SSSR count). The number of carbonyl (C=O) groups is 4. The summed E-state index contributed by atoms with van der Waals surface area (Å²) in [5.41, 5.74) is 9.31. The molecule has 4 aromatic rings. The monoisotopic (exact) mass is 882 g/mol. The highest BCUT2D eigenvalue weighted by Gasteiger charge is 2.54. The van der Waals surface area contributed by atoms with E-state index in [0.29, 0.717) is 63.3 Å². The molecule has 3 aromatic heterocycles. The first-order chi connectivity index (χ1) is 30.0. The van der Waals surface area contributed by atoms with E-state index in [4.69, 9.17) is 19.4 Å². The number of hydrogen-bond acceptors (Lipinski definition) is 11. The van der Waals surface area contributed by atoms with E-state index < -0.39 is 41.3 Å². The Morgan fingerprint density at radius 1 is 1.16 bits per heavy atom. The molecule has 338 valence electrons. The van der Waals surface area contributed by atoms with Gasteiger partial charge in [0, 0.05) is 91.2 Å². The van der Waals surface area contributed by atoms with Crippen molar-refractivity contribution in [1.29, 1.82) is 0 Å². The number of likely N-dealkylation sites (N-methyl/N-ethyl adjacent to an activating group) is 1. The fraction of sp³-hybridized carbons (Fsp3) is 0.574. The van der Waals surface area contributed by atoms with Crippen LogP contribution in [0.3, 0.4) is 0 Å². The van der Waals surface area contributed by atoms with Crippen molar-refractivity contribution in [2.24, 2.45) is 16.7 Å². The predicted molar refractivity (Wildman–Crippen MR) is 240 cm³/mol. The number of hydrogen-bond donors (Lipinski definition) is 3. The number of aliphatic hydroxyl groups is 1. The van der Waals surface area contributed by atoms with Gasteiger partial charge in [0.05, 0.1) is 40.9 Å². The van der Waals surface area contributed by atoms with Crippen LogP contribution in [0.5, 0.6) is 0 Å². The van der Waals surface area contributed by atoms with Crippen molar-refractivity contribution in [2.45, 2.75) is 117 Å². The molecule has 1 aliphatic carbocycles. The minimum Gasteiger partial charge on any atom is -0.464 e. The predicted octanol–water partition coefficient (Wildman–Crippen LogP) is 5.74. The van der Waals surface area contributed by atoms with Crippen molar-refractivity contribution >= 4 is 46.1 Å². The maximum absolute atomic E-state index is 14.6. The Labute approximate surface area is 373 Å². The number of likely N-dealkylation sites (tertiary alicyclic amines) is 1. The van der Waals surface area contributed by atoms with Gasteiger partial charge in [0.15, 0.2) is 0 Å². The van der Waals surface area contributed by atoms with Crippen LogP contribution in [0.4, 0.5) is 4.79 Å². The normalized spacial score (nSPS) is 22.3. The van der Waals surface area contributed by atoms with Crippen LogP contribution < -0.4 is 10.7 Å². The zero-order valence-electron chi connectivity index (χ0n) is 37.8. The molecule has 1 aromatic carbocycles. The number of fused-ring (bicyclic) bond motifs is 6. The topological polar surface area (TPSA) is 171 Å². The van der Waals surface area contributed by atoms with Crippen LogP contribution in [0.15, 0.2) is 41.9 Å². The summed E-state index contributed by atoms with van der Waals surface area (Å²) in [6, 6.07) is 7.49. The molecule has 1 unspecified atom stereocenters. The lowest BCUT2D eigenvalue weighted by Crippen LogP contribution is -2.68. The van der Waals surface area contributed by atoms with Gasteiger partial charge >= 0.3 is 12.0 Å². The van der Waals surface area contributed by atoms with Crippen molar-refractivity contribution in [2.75, 3.05) is 40.4 Å². The second-order valence-electron chi connectivity index (χ2n) is 19.3. The Morgan fingerprint density at radius 3 is 2.62 bits per heavy atom. The number of ether oxygens (including phenoxy) is 2. The van der Waals surface area contributed by atoms with E-state index in [1.165, 1.54) is 21.2 Å². The number of thiazole rings is 1. The largest absolute Gasteiger partial charge is 0.464 e. The number of benzene rings is 1. The summed E-state index contributed by atoms with van der Waals surface area (Å²) >= 11 is 1.42. The number of nitrogens with zero attached hydrogens (tertiary/aromatic N) is 6. The number of urea groups is 1. The Morgan fingerprint density at radius 2 is 1.92 bits per heavy atom. The van der Waals surface area contributed by atoms with Gasteiger partial charge in [-0.3, -0.25) is 24.4 Å². The van der Waals surface area contributed by atoms with Gasteiger partial charge in [-0.15, -0.1) is 11.3 Å². The van der Waals surface area contributed by atoms with Gasteiger partial charge in [0.1, 0.15) is 18.1 Å². The standard InChI is InChI=1S/C47H62N8O7S/c1-9-54-37-15-14-29-18-32(37)33(41(54)31-12-10-16-48-39(31)28(4)61-8)22-46(5,6)26-62-44(59)34-13-11-17-55(51-34)43(58)35(19-38-49-36(29)23-63-38)50-42(57)40(27(2)3)52(7)45(60)53-24-47(25-53)20-30(56)21-47/h10,12,14-16,18,23,27-28,30,34-35,40,51,56H,9,11,13,17,19-22,24-26H2,1-8H3,(H,50,57)/t28-,34-,35-,40?/m0/s1. The van der Waals surface area contributed by atoms with Gasteiger partial charge in [-0.1, -0.05) is 33.8 Å². The number of carbonyl (C=O) groups excluding carboxylic acids is 4. The summed E-state index contributed by atoms with van der Waals surface area (Å²) in [6.07, 6.45) is 4.31. The van der Waals surface area contributed by atoms with E-state index in [2.05, 4.69) is 60.3 Å². The van der Waals surface area contributed by atoms with E-state index in [1.54, 1.807) is 25.3 Å². The van der Waals surface area contributed by atoms with Crippen LogP contribution in [0.25, 0.3) is 33.4 Å². The number of pyridine rings is 1. The lowest BCUT2D eigenvalue weighted by Gasteiger charge is -2.58. The number of nitrogens with one attached hydrogen (secondary N) is 2. The zero-order valence-corrected chi connectivity index (χ0v) is 38.6. The quantitative estimate of drug-likeness (QED) is 0.186. The van der Waals surface area contributed by atoms with Crippen molar-refractivity contribution in [3.63, 3.8) is 0 Å². The van der Waals surface area contributed by atoms with Gasteiger partial charge in [0.2, 0.25) is 5.91 Å². The maximum atomic E-state index is 14.6. The number of cyclic esters (lactones) is 1. The van der Waals surface area contributed by atoms with E-state index in [1.807, 2.05) is 32.2 Å². The molecule has 4 atom stereocenters. The average Bonchev–Trinajstić information content (AvgIpc) is 3.83. The Bertz CT molecular complexity index is 2380. The van der Waals surface area contributed by atoms with Gasteiger partial charge in [-0.05, 0) is 81.7 Å². The summed E-state index contributed by atoms with van der Waals surface area (Å²) < 4.78 is 14.2. The summed E-state index contributed by atoms with van der Waals surface area (Å²) in [6.45, 7) is 14.4. The number of amides is 4. The molecule has 1 saturated carbocycles. The highest BCUT2D eigenvalue weighted by atomic mass is 32.1. The molecule has 6 bridgehead atoms. The van der Waals surface area contributed by atoms with Gasteiger partial charge in [-0.2, -0.15) is 0 Å². The van der Waals surface area contributed by atoms with Crippen molar-refractivity contribution in [3.8, 4) is 22.5 Å². The second kappa shape index (κ2) is 17.6. The third kappa shape index (κ3) is 8.71. The number of methoxy groups -OCH3 is 1. The number of rotatable bonds is 8. The number of aromatic nitrogens is 3. The first-order valence-corrected chi connectivity index (χ1v) is 23.2. The van der Waals surface area contributed by atoms with Gasteiger partial charge < -0.3 is 34.3 Å². The molecule has 16 heteroatoms. The summed E-state index contributed by atoms with van der Waals surface area (Å²) in [5, 5.41) is 18.0. The fourth-order valence-electron chi connectivity index (χ4n) is 10.2. The van der Waals surface area contributed by atoms with Crippen molar-refractivity contribution < 1.29 is 33.8 Å². The smallest absolute Gasteiger partial charge is 0.324 e. The minimum atomic E-state index is -1.05. The molecule has 3 fully saturated rings. The van der Waals surface area contributed by atoms with E-state index in [0.717, 1.165) is 44.7 Å². The Kier molecular flexibility index (Phi) is 12.5. The Balaban J connectivity index is 1.16. The fourth-order valence-corrected chi connectivity index (χ4v) is 11.0. The van der Waals surface area contributed by atoms with E-state index in [9.17, 15) is 24.3 Å². The summed E-state index contributed by atoms with van der Waals surface area (Å²) in [7, 11) is 3.32. The molecular weight excluding hydrogens is 821 g/mol. The third-order valence-corrected chi connectivity index (χ3v) is 14.3. The second-order valence-corrected chi connectivity index (χ2v) is 20.2. The average molecular weight is 883 g/mol. The lowest BCUT2D eigenvalue weighted by molar-refractivity contribution is -0.155. The molecule has 3 N–H and O–H groups in total. The van der Waals surface area contributed by atoms with Gasteiger partial charge in [-0.25, -0.2) is 15.2 Å². The van der Waals surface area contributed by atoms with Crippen LogP contribution in [-0.4, -0.2) is 123 Å². The molecule has 63 heavy (non-hydrogen) atoms. The highest BCUT2D eigenvalue weighted by Crippen LogP contribution is 2.48. The molecule has 6 heterocycles. The molecule has 1 spiro atoms. The SMILES string of the molecule is CCn1c(-c2cccnc2[C@H](C)OC)c2c3cc(ccc31)-c1csc(n1)C[C@H](NC(=O)C(C(C)C)N(C)C(=O)N1CC3(CC(O)C3)C1)C(=O)N1CCC[C@H](N1)C(=O)OCC(C)(C)C2. The van der Waals surface area contributed by atoms with Crippen LogP contribution in [0.2, 0.25) is 0 Å². The summed E-state index contributed by atoms with van der Waals surface area (Å²) in [5.74, 6) is -1.57. The van der Waals surface area contributed by atoms with Crippen LogP contribution in [-0.2, 0) is 43.2 Å². The number of aliphatic hydroxyl groups excluding tert-OH is 1. The van der Waals surface area contributed by atoms with Gasteiger partial charge in [0.25, 0.3) is 5.91 Å². The lowest BCUT2D eigenvalue weighted by atomic mass is 9.62. The van der Waals surface area contributed by atoms with Crippen LogP contribution >= 0.6 is 11.3 Å². The maximum Gasteiger partial charge on any atom is 0.324 e. The van der Waals surface area contributed by atoms with Crippen molar-refractivity contribution in [1.82, 2.24) is 40.1 Å². The molecule has 0 radical (unpaired) electrons. The number of aryl methyl sites for hydroxylation is 1. The third-order valence-electron chi connectivity index (χ3n) is 13.4. The van der Waals surface area contributed by atoms with Crippen molar-refractivity contribution in [3.05, 3.63) is 58.2 Å². The number of esters is 1. The zero-order chi connectivity index (χ0) is 45.0.